The molecule has 1 saturated heterocycles. The lowest BCUT2D eigenvalue weighted by molar-refractivity contribution is -0.124. The summed E-state index contributed by atoms with van der Waals surface area (Å²) in [5, 5.41) is 2.73. The van der Waals surface area contributed by atoms with E-state index in [1.165, 1.54) is 0 Å². The largest absolute Gasteiger partial charge is 0.368 e. The van der Waals surface area contributed by atoms with Crippen LogP contribution in [0.1, 0.15) is 12.8 Å². The van der Waals surface area contributed by atoms with Crippen LogP contribution in [-0.2, 0) is 9.53 Å². The number of rotatable bonds is 2. The van der Waals surface area contributed by atoms with Gasteiger partial charge < -0.3 is 10.1 Å². The van der Waals surface area contributed by atoms with Crippen molar-refractivity contribution in [1.82, 2.24) is 4.98 Å². The zero-order chi connectivity index (χ0) is 10.7. The third-order valence-corrected chi connectivity index (χ3v) is 2.84. The minimum atomic E-state index is -0.300. The molecule has 0 spiro atoms. The second-order valence-electron chi connectivity index (χ2n) is 3.35. The van der Waals surface area contributed by atoms with E-state index in [2.05, 4.69) is 32.9 Å². The van der Waals surface area contributed by atoms with Gasteiger partial charge in [0, 0.05) is 16.4 Å². The molecule has 2 heterocycles. The van der Waals surface area contributed by atoms with Gasteiger partial charge in [0.25, 0.3) is 5.91 Å². The van der Waals surface area contributed by atoms with Crippen LogP contribution in [0, 0.1) is 3.57 Å². The van der Waals surface area contributed by atoms with Crippen molar-refractivity contribution in [2.24, 2.45) is 0 Å². The van der Waals surface area contributed by atoms with Gasteiger partial charge in [-0.2, -0.15) is 0 Å². The summed E-state index contributed by atoms with van der Waals surface area (Å²) in [4.78, 5) is 15.7. The van der Waals surface area contributed by atoms with E-state index in [1.54, 1.807) is 12.3 Å². The average molecular weight is 318 g/mol. The Bertz CT molecular complexity index is 347. The fourth-order valence-corrected chi connectivity index (χ4v) is 1.76. The molecule has 1 aromatic heterocycles. The first kappa shape index (κ1) is 10.8. The van der Waals surface area contributed by atoms with Gasteiger partial charge in [-0.1, -0.05) is 0 Å². The zero-order valence-corrected chi connectivity index (χ0v) is 10.2. The second-order valence-corrected chi connectivity index (χ2v) is 4.60. The lowest BCUT2D eigenvalue weighted by Gasteiger charge is -2.09. The van der Waals surface area contributed by atoms with Crippen molar-refractivity contribution in [1.29, 1.82) is 0 Å². The van der Waals surface area contributed by atoms with E-state index >= 15 is 0 Å². The first-order valence-corrected chi connectivity index (χ1v) is 5.87. The molecular formula is C10H11IN2O2. The van der Waals surface area contributed by atoms with Crippen LogP contribution in [0.25, 0.3) is 0 Å². The molecule has 1 amide bonds. The summed E-state index contributed by atoms with van der Waals surface area (Å²) in [7, 11) is 0. The maximum atomic E-state index is 11.6. The molecule has 1 fully saturated rings. The highest BCUT2D eigenvalue weighted by atomic mass is 127. The van der Waals surface area contributed by atoms with Crippen LogP contribution in [0.2, 0.25) is 0 Å². The Balaban J connectivity index is 1.96. The first-order chi connectivity index (χ1) is 7.25. The topological polar surface area (TPSA) is 51.2 Å². The summed E-state index contributed by atoms with van der Waals surface area (Å²) in [5.74, 6) is 0.483. The third-order valence-electron chi connectivity index (χ3n) is 2.20. The molecule has 0 aliphatic carbocycles. The number of hydrogen-bond acceptors (Lipinski definition) is 3. The van der Waals surface area contributed by atoms with Crippen molar-refractivity contribution in [3.8, 4) is 0 Å². The number of hydrogen-bond donors (Lipinski definition) is 1. The minimum Gasteiger partial charge on any atom is -0.368 e. The fourth-order valence-electron chi connectivity index (χ4n) is 1.44. The number of carbonyl (C=O) groups excluding carboxylic acids is 1. The molecule has 1 aliphatic rings. The number of pyridine rings is 1. The van der Waals surface area contributed by atoms with Crippen LogP contribution in [0.5, 0.6) is 0 Å². The predicted octanol–water partition coefficient (Wildman–Crippen LogP) is 1.80. The molecule has 5 heteroatoms. The van der Waals surface area contributed by atoms with Gasteiger partial charge in [-0.3, -0.25) is 4.79 Å². The minimum absolute atomic E-state index is 0.0961. The number of nitrogens with zero attached hydrogens (tertiary/aromatic N) is 1. The van der Waals surface area contributed by atoms with Crippen molar-refractivity contribution in [2.75, 3.05) is 11.9 Å². The van der Waals surface area contributed by atoms with Crippen molar-refractivity contribution in [2.45, 2.75) is 18.9 Å². The van der Waals surface area contributed by atoms with E-state index in [0.29, 0.717) is 12.4 Å². The maximum Gasteiger partial charge on any atom is 0.254 e. The quantitative estimate of drug-likeness (QED) is 0.846. The van der Waals surface area contributed by atoms with Crippen LogP contribution < -0.4 is 5.32 Å². The maximum absolute atomic E-state index is 11.6. The van der Waals surface area contributed by atoms with Gasteiger partial charge in [-0.25, -0.2) is 4.98 Å². The molecule has 80 valence electrons. The van der Waals surface area contributed by atoms with E-state index in [1.807, 2.05) is 6.07 Å². The number of anilines is 1. The number of carbonyl (C=O) groups is 1. The Morgan fingerprint density at radius 1 is 1.60 bits per heavy atom. The van der Waals surface area contributed by atoms with Gasteiger partial charge in [-0.05, 0) is 47.6 Å². The van der Waals surface area contributed by atoms with Gasteiger partial charge in [0.2, 0.25) is 0 Å². The molecule has 0 aromatic carbocycles. The van der Waals surface area contributed by atoms with Crippen molar-refractivity contribution < 1.29 is 9.53 Å². The van der Waals surface area contributed by atoms with Gasteiger partial charge in [0.1, 0.15) is 11.9 Å². The number of ether oxygens (including phenoxy) is 1. The number of nitrogens with one attached hydrogen (secondary N) is 1. The molecule has 1 atom stereocenters. The third kappa shape index (κ3) is 2.88. The van der Waals surface area contributed by atoms with Gasteiger partial charge >= 0.3 is 0 Å². The summed E-state index contributed by atoms with van der Waals surface area (Å²) in [6.45, 7) is 0.679. The van der Waals surface area contributed by atoms with Crippen molar-refractivity contribution in [3.05, 3.63) is 21.9 Å². The fraction of sp³-hybridized carbons (Fsp3) is 0.400. The summed E-state index contributed by atoms with van der Waals surface area (Å²) >= 11 is 2.17. The molecule has 15 heavy (non-hydrogen) atoms. The first-order valence-electron chi connectivity index (χ1n) is 4.80. The SMILES string of the molecule is O=C(Nc1ccc(I)cn1)C1CCCO1. The van der Waals surface area contributed by atoms with Gasteiger partial charge in [-0.15, -0.1) is 0 Å². The normalized spacial score (nSPS) is 20.2. The van der Waals surface area contributed by atoms with Gasteiger partial charge in [0.05, 0.1) is 0 Å². The molecule has 1 N–H and O–H groups in total. The number of amides is 1. The second kappa shape index (κ2) is 4.89. The van der Waals surface area contributed by atoms with Crippen molar-refractivity contribution in [3.63, 3.8) is 0 Å². The summed E-state index contributed by atoms with van der Waals surface area (Å²) in [5.41, 5.74) is 0. The molecule has 0 bridgehead atoms. The smallest absolute Gasteiger partial charge is 0.254 e. The highest BCUT2D eigenvalue weighted by Crippen LogP contribution is 2.14. The van der Waals surface area contributed by atoms with Crippen LogP contribution >= 0.6 is 22.6 Å². The van der Waals surface area contributed by atoms with Crippen LogP contribution in [0.4, 0.5) is 5.82 Å². The summed E-state index contributed by atoms with van der Waals surface area (Å²) in [6.07, 6.45) is 3.17. The summed E-state index contributed by atoms with van der Waals surface area (Å²) < 4.78 is 6.31. The zero-order valence-electron chi connectivity index (χ0n) is 8.07. The Kier molecular flexibility index (Phi) is 3.53. The lowest BCUT2D eigenvalue weighted by Crippen LogP contribution is -2.27. The Morgan fingerprint density at radius 2 is 2.47 bits per heavy atom. The van der Waals surface area contributed by atoms with E-state index < -0.39 is 0 Å². The van der Waals surface area contributed by atoms with E-state index in [-0.39, 0.29) is 12.0 Å². The van der Waals surface area contributed by atoms with Crippen LogP contribution in [-0.4, -0.2) is 23.6 Å². The standard InChI is InChI=1S/C10H11IN2O2/c11-7-3-4-9(12-6-7)13-10(14)8-2-1-5-15-8/h3-4,6,8H,1-2,5H2,(H,12,13,14). The number of aromatic nitrogens is 1. The Labute approximate surface area is 102 Å². The molecule has 4 nitrogen and oxygen atoms in total. The van der Waals surface area contributed by atoms with Crippen LogP contribution in [0.3, 0.4) is 0 Å². The Hall–Kier alpha value is -0.690. The summed E-state index contributed by atoms with van der Waals surface area (Å²) in [6, 6.07) is 3.69. The van der Waals surface area contributed by atoms with E-state index in [9.17, 15) is 4.79 Å². The lowest BCUT2D eigenvalue weighted by atomic mass is 10.2. The highest BCUT2D eigenvalue weighted by Gasteiger charge is 2.23. The molecule has 1 aromatic rings. The number of halogens is 1. The van der Waals surface area contributed by atoms with Crippen LogP contribution in [0.15, 0.2) is 18.3 Å². The molecule has 1 aliphatic heterocycles. The van der Waals surface area contributed by atoms with Crippen molar-refractivity contribution >= 4 is 34.3 Å². The molecule has 0 saturated carbocycles. The monoisotopic (exact) mass is 318 g/mol. The van der Waals surface area contributed by atoms with Gasteiger partial charge in [0.15, 0.2) is 0 Å². The Morgan fingerprint density at radius 3 is 3.07 bits per heavy atom. The molecule has 0 radical (unpaired) electrons. The van der Waals surface area contributed by atoms with E-state index in [4.69, 9.17) is 4.74 Å². The molecule has 1 unspecified atom stereocenters. The van der Waals surface area contributed by atoms with E-state index in [0.717, 1.165) is 16.4 Å². The molecule has 2 rings (SSSR count). The highest BCUT2D eigenvalue weighted by molar-refractivity contribution is 14.1. The predicted molar refractivity (Wildman–Crippen MR) is 64.6 cm³/mol. The average Bonchev–Trinajstić information content (AvgIpc) is 2.74. The molecular weight excluding hydrogens is 307 g/mol.